The van der Waals surface area contributed by atoms with Crippen LogP contribution < -0.4 is 5.73 Å². The zero-order chi connectivity index (χ0) is 13.9. The summed E-state index contributed by atoms with van der Waals surface area (Å²) in [7, 11) is 0. The number of nitrogens with zero attached hydrogens (tertiary/aromatic N) is 3. The van der Waals surface area contributed by atoms with E-state index >= 15 is 0 Å². The maximum absolute atomic E-state index is 5.54. The molecule has 2 unspecified atom stereocenters. The van der Waals surface area contributed by atoms with E-state index in [0.29, 0.717) is 18.4 Å². The van der Waals surface area contributed by atoms with E-state index in [1.807, 2.05) is 5.38 Å². The van der Waals surface area contributed by atoms with Crippen molar-refractivity contribution >= 4 is 11.3 Å². The molecule has 2 aromatic heterocycles. The minimum absolute atomic E-state index is 0.443. The second kappa shape index (κ2) is 6.01. The van der Waals surface area contributed by atoms with E-state index in [9.17, 15) is 0 Å². The zero-order valence-electron chi connectivity index (χ0n) is 11.7. The first-order valence-electron chi connectivity index (χ1n) is 7.24. The molecule has 1 fully saturated rings. The second-order valence-corrected chi connectivity index (χ2v) is 6.53. The summed E-state index contributed by atoms with van der Waals surface area (Å²) >= 11 is 1.60. The summed E-state index contributed by atoms with van der Waals surface area (Å²) in [5, 5.41) is 7.15. The SMILES string of the molecule is CC1CCCC(c2noc(-c3csc(CCN)n3)n2)C1. The van der Waals surface area contributed by atoms with Gasteiger partial charge in [0.15, 0.2) is 5.82 Å². The molecule has 1 aliphatic carbocycles. The average Bonchev–Trinajstić information content (AvgIpc) is 3.07. The first-order chi connectivity index (χ1) is 9.76. The molecule has 0 bridgehead atoms. The molecule has 6 heteroatoms. The summed E-state index contributed by atoms with van der Waals surface area (Å²) in [6, 6.07) is 0. The van der Waals surface area contributed by atoms with Crippen LogP contribution in [0.25, 0.3) is 11.6 Å². The van der Waals surface area contributed by atoms with Crippen molar-refractivity contribution < 1.29 is 4.52 Å². The molecule has 0 amide bonds. The Bertz CT molecular complexity index is 565. The summed E-state index contributed by atoms with van der Waals surface area (Å²) in [6.07, 6.45) is 5.70. The van der Waals surface area contributed by atoms with Crippen LogP contribution in [0.3, 0.4) is 0 Å². The molecule has 2 heterocycles. The van der Waals surface area contributed by atoms with Gasteiger partial charge in [0.1, 0.15) is 5.69 Å². The molecule has 0 radical (unpaired) electrons. The van der Waals surface area contributed by atoms with Crippen molar-refractivity contribution in [3.63, 3.8) is 0 Å². The van der Waals surface area contributed by atoms with Gasteiger partial charge >= 0.3 is 0 Å². The van der Waals surface area contributed by atoms with Crippen molar-refractivity contribution in [1.82, 2.24) is 15.1 Å². The molecule has 20 heavy (non-hydrogen) atoms. The van der Waals surface area contributed by atoms with Gasteiger partial charge in [-0.2, -0.15) is 4.98 Å². The van der Waals surface area contributed by atoms with Crippen LogP contribution in [0.5, 0.6) is 0 Å². The summed E-state index contributed by atoms with van der Waals surface area (Å²) in [4.78, 5) is 9.03. The third-order valence-corrected chi connectivity index (χ3v) is 4.78. The lowest BCUT2D eigenvalue weighted by molar-refractivity contribution is 0.324. The zero-order valence-corrected chi connectivity index (χ0v) is 12.5. The molecule has 1 saturated carbocycles. The van der Waals surface area contributed by atoms with Gasteiger partial charge in [0.05, 0.1) is 5.01 Å². The van der Waals surface area contributed by atoms with Crippen LogP contribution in [-0.4, -0.2) is 21.7 Å². The summed E-state index contributed by atoms with van der Waals surface area (Å²) in [6.45, 7) is 2.91. The highest BCUT2D eigenvalue weighted by atomic mass is 32.1. The van der Waals surface area contributed by atoms with Gasteiger partial charge < -0.3 is 10.3 Å². The molecule has 0 aliphatic heterocycles. The molecule has 108 valence electrons. The minimum Gasteiger partial charge on any atom is -0.332 e. The highest BCUT2D eigenvalue weighted by molar-refractivity contribution is 7.09. The van der Waals surface area contributed by atoms with Crippen LogP contribution >= 0.6 is 11.3 Å². The molecular weight excluding hydrogens is 272 g/mol. The van der Waals surface area contributed by atoms with Gasteiger partial charge in [0.2, 0.25) is 0 Å². The third-order valence-electron chi connectivity index (χ3n) is 3.87. The van der Waals surface area contributed by atoms with Gasteiger partial charge in [-0.3, -0.25) is 0 Å². The Labute approximate surface area is 122 Å². The largest absolute Gasteiger partial charge is 0.332 e. The van der Waals surface area contributed by atoms with Crippen LogP contribution in [0.4, 0.5) is 0 Å². The van der Waals surface area contributed by atoms with Crippen LogP contribution in [0.15, 0.2) is 9.90 Å². The lowest BCUT2D eigenvalue weighted by atomic mass is 9.82. The predicted molar refractivity (Wildman–Crippen MR) is 78.5 cm³/mol. The average molecular weight is 292 g/mol. The topological polar surface area (TPSA) is 77.8 Å². The highest BCUT2D eigenvalue weighted by Crippen LogP contribution is 2.35. The van der Waals surface area contributed by atoms with Gasteiger partial charge in [0, 0.05) is 17.7 Å². The Morgan fingerprint density at radius 1 is 1.40 bits per heavy atom. The highest BCUT2D eigenvalue weighted by Gasteiger charge is 2.25. The summed E-state index contributed by atoms with van der Waals surface area (Å²) < 4.78 is 5.38. The fourth-order valence-electron chi connectivity index (χ4n) is 2.82. The summed E-state index contributed by atoms with van der Waals surface area (Å²) in [5.74, 6) is 2.59. The van der Waals surface area contributed by atoms with E-state index in [0.717, 1.165) is 35.3 Å². The van der Waals surface area contributed by atoms with Crippen molar-refractivity contribution in [2.75, 3.05) is 6.54 Å². The number of thiazole rings is 1. The van der Waals surface area contributed by atoms with E-state index < -0.39 is 0 Å². The maximum atomic E-state index is 5.54. The Hall–Kier alpha value is -1.27. The minimum atomic E-state index is 0.443. The molecule has 0 spiro atoms. The number of nitrogens with two attached hydrogens (primary N) is 1. The summed E-state index contributed by atoms with van der Waals surface area (Å²) in [5.41, 5.74) is 6.32. The number of hydrogen-bond donors (Lipinski definition) is 1. The third kappa shape index (κ3) is 2.91. The Balaban J connectivity index is 1.75. The number of hydrogen-bond acceptors (Lipinski definition) is 6. The monoisotopic (exact) mass is 292 g/mol. The van der Waals surface area contributed by atoms with Crippen molar-refractivity contribution in [2.45, 2.75) is 44.9 Å². The fourth-order valence-corrected chi connectivity index (χ4v) is 3.61. The quantitative estimate of drug-likeness (QED) is 0.937. The van der Waals surface area contributed by atoms with Crippen LogP contribution in [0, 0.1) is 5.92 Å². The lowest BCUT2D eigenvalue weighted by Crippen LogP contribution is -2.12. The number of aromatic nitrogens is 3. The Morgan fingerprint density at radius 2 is 2.30 bits per heavy atom. The van der Waals surface area contributed by atoms with Gasteiger partial charge in [-0.15, -0.1) is 11.3 Å². The normalized spacial score (nSPS) is 23.1. The molecule has 0 saturated heterocycles. The van der Waals surface area contributed by atoms with E-state index in [1.54, 1.807) is 11.3 Å². The molecule has 2 aromatic rings. The smallest absolute Gasteiger partial charge is 0.277 e. The van der Waals surface area contributed by atoms with Gasteiger partial charge in [-0.05, 0) is 25.3 Å². The van der Waals surface area contributed by atoms with Crippen LogP contribution in [-0.2, 0) is 6.42 Å². The van der Waals surface area contributed by atoms with Gasteiger partial charge in [-0.1, -0.05) is 24.9 Å². The molecule has 2 N–H and O–H groups in total. The Kier molecular flexibility index (Phi) is 4.12. The fraction of sp³-hybridized carbons (Fsp3) is 0.643. The molecule has 0 aromatic carbocycles. The lowest BCUT2D eigenvalue weighted by Gasteiger charge is -2.23. The maximum Gasteiger partial charge on any atom is 0.277 e. The van der Waals surface area contributed by atoms with E-state index in [2.05, 4.69) is 22.0 Å². The first-order valence-corrected chi connectivity index (χ1v) is 8.12. The van der Waals surface area contributed by atoms with Crippen LogP contribution in [0.2, 0.25) is 0 Å². The standard InChI is InChI=1S/C14H20N4OS/c1-9-3-2-4-10(7-9)13-17-14(19-18-13)11-8-20-12(16-11)5-6-15/h8-10H,2-7,15H2,1H3. The predicted octanol–water partition coefficient (Wildman–Crippen LogP) is 2.99. The Morgan fingerprint density at radius 3 is 3.10 bits per heavy atom. The first kappa shape index (κ1) is 13.7. The molecule has 3 rings (SSSR count). The van der Waals surface area contributed by atoms with E-state index in [4.69, 9.17) is 10.3 Å². The molecule has 5 nitrogen and oxygen atoms in total. The van der Waals surface area contributed by atoms with Crippen molar-refractivity contribution in [3.05, 3.63) is 16.2 Å². The number of rotatable bonds is 4. The van der Waals surface area contributed by atoms with Crippen molar-refractivity contribution in [2.24, 2.45) is 11.7 Å². The van der Waals surface area contributed by atoms with Crippen LogP contribution in [0.1, 0.15) is 49.4 Å². The van der Waals surface area contributed by atoms with Gasteiger partial charge in [0.25, 0.3) is 5.89 Å². The van der Waals surface area contributed by atoms with Crippen molar-refractivity contribution in [1.29, 1.82) is 0 Å². The van der Waals surface area contributed by atoms with E-state index in [-0.39, 0.29) is 0 Å². The van der Waals surface area contributed by atoms with Crippen molar-refractivity contribution in [3.8, 4) is 11.6 Å². The van der Waals surface area contributed by atoms with Gasteiger partial charge in [-0.25, -0.2) is 4.98 Å². The van der Waals surface area contributed by atoms with E-state index in [1.165, 1.54) is 19.3 Å². The molecule has 1 aliphatic rings. The molecule has 2 atom stereocenters. The molecular formula is C14H20N4OS. The second-order valence-electron chi connectivity index (χ2n) is 5.59.